The fourth-order valence-electron chi connectivity index (χ4n) is 2.91. The van der Waals surface area contributed by atoms with E-state index in [2.05, 4.69) is 42.3 Å². The van der Waals surface area contributed by atoms with Gasteiger partial charge in [-0.15, -0.1) is 0 Å². The van der Waals surface area contributed by atoms with Gasteiger partial charge >= 0.3 is 0 Å². The van der Waals surface area contributed by atoms with Gasteiger partial charge in [0.25, 0.3) is 0 Å². The van der Waals surface area contributed by atoms with Crippen LogP contribution in [0.5, 0.6) is 0 Å². The fraction of sp³-hybridized carbons (Fsp3) is 0.333. The smallest absolute Gasteiger partial charge is 0.0351 e. The predicted octanol–water partition coefficient (Wildman–Crippen LogP) is 3.19. The maximum Gasteiger partial charge on any atom is 0.0351 e. The van der Waals surface area contributed by atoms with Crippen LogP contribution in [0.25, 0.3) is 10.8 Å². The van der Waals surface area contributed by atoms with Crippen LogP contribution in [0.2, 0.25) is 0 Å². The summed E-state index contributed by atoms with van der Waals surface area (Å²) in [6.45, 7) is 1.20. The first-order valence-corrected chi connectivity index (χ1v) is 6.24. The Labute approximate surface area is 102 Å². The Balaban J connectivity index is 2.18. The van der Waals surface area contributed by atoms with E-state index in [1.807, 2.05) is 6.07 Å². The van der Waals surface area contributed by atoms with Crippen LogP contribution < -0.4 is 5.73 Å². The molecule has 1 aliphatic heterocycles. The number of benzene rings is 2. The van der Waals surface area contributed by atoms with Gasteiger partial charge in [0.15, 0.2) is 0 Å². The van der Waals surface area contributed by atoms with Crippen LogP contribution in [0, 0.1) is 0 Å². The summed E-state index contributed by atoms with van der Waals surface area (Å²) >= 11 is 0. The van der Waals surface area contributed by atoms with Gasteiger partial charge in [-0.2, -0.15) is 0 Å². The van der Waals surface area contributed by atoms with Crippen LogP contribution in [0.3, 0.4) is 0 Å². The van der Waals surface area contributed by atoms with E-state index in [1.165, 1.54) is 35.7 Å². The molecule has 0 bridgehead atoms. The molecule has 3 rings (SSSR count). The summed E-state index contributed by atoms with van der Waals surface area (Å²) in [6.07, 6.45) is 2.55. The molecule has 88 valence electrons. The van der Waals surface area contributed by atoms with Crippen LogP contribution in [-0.4, -0.2) is 18.5 Å². The van der Waals surface area contributed by atoms with Crippen LogP contribution in [-0.2, 0) is 0 Å². The quantitative estimate of drug-likeness (QED) is 0.757. The van der Waals surface area contributed by atoms with Gasteiger partial charge in [0.2, 0.25) is 0 Å². The van der Waals surface area contributed by atoms with E-state index in [-0.39, 0.29) is 0 Å². The first-order valence-electron chi connectivity index (χ1n) is 6.24. The molecule has 0 spiro atoms. The number of nitrogen functional groups attached to an aromatic ring is 1. The van der Waals surface area contributed by atoms with Crippen molar-refractivity contribution < 1.29 is 0 Å². The van der Waals surface area contributed by atoms with Crippen molar-refractivity contribution in [2.24, 2.45) is 0 Å². The topological polar surface area (TPSA) is 29.3 Å². The average Bonchev–Trinajstić information content (AvgIpc) is 2.74. The number of hydrogen-bond donors (Lipinski definition) is 1. The van der Waals surface area contributed by atoms with Gasteiger partial charge in [0.1, 0.15) is 0 Å². The van der Waals surface area contributed by atoms with E-state index in [9.17, 15) is 0 Å². The molecule has 2 heteroatoms. The highest BCUT2D eigenvalue weighted by molar-refractivity contribution is 5.88. The third kappa shape index (κ3) is 1.79. The zero-order valence-electron chi connectivity index (χ0n) is 10.2. The number of hydrogen-bond acceptors (Lipinski definition) is 2. The second-order valence-electron chi connectivity index (χ2n) is 4.97. The molecular formula is C15H18N2. The van der Waals surface area contributed by atoms with Gasteiger partial charge in [0.05, 0.1) is 0 Å². The molecular weight excluding hydrogens is 208 g/mol. The molecule has 17 heavy (non-hydrogen) atoms. The molecule has 2 N–H and O–H groups in total. The second-order valence-corrected chi connectivity index (χ2v) is 4.97. The van der Waals surface area contributed by atoms with Crippen molar-refractivity contribution in [2.45, 2.75) is 18.9 Å². The van der Waals surface area contributed by atoms with Gasteiger partial charge in [-0.3, -0.25) is 4.90 Å². The molecule has 1 atom stereocenters. The summed E-state index contributed by atoms with van der Waals surface area (Å²) in [6, 6.07) is 13.3. The van der Waals surface area contributed by atoms with Gasteiger partial charge in [-0.25, -0.2) is 0 Å². The Hall–Kier alpha value is -1.54. The molecule has 0 amide bonds. The van der Waals surface area contributed by atoms with E-state index in [4.69, 9.17) is 5.73 Å². The maximum absolute atomic E-state index is 5.91. The fourth-order valence-corrected chi connectivity index (χ4v) is 2.91. The summed E-state index contributed by atoms with van der Waals surface area (Å²) in [5.74, 6) is 0. The van der Waals surface area contributed by atoms with Crippen LogP contribution in [0.15, 0.2) is 36.4 Å². The van der Waals surface area contributed by atoms with E-state index >= 15 is 0 Å². The largest absolute Gasteiger partial charge is 0.399 e. The lowest BCUT2D eigenvalue weighted by Gasteiger charge is -2.21. The molecule has 0 aliphatic carbocycles. The lowest BCUT2D eigenvalue weighted by molar-refractivity contribution is 0.319. The van der Waals surface area contributed by atoms with E-state index in [0.717, 1.165) is 5.69 Å². The van der Waals surface area contributed by atoms with Crippen molar-refractivity contribution in [3.63, 3.8) is 0 Å². The molecule has 0 aromatic heterocycles. The predicted molar refractivity (Wildman–Crippen MR) is 73.0 cm³/mol. The number of nitrogens with two attached hydrogens (primary N) is 1. The molecule has 0 saturated carbocycles. The van der Waals surface area contributed by atoms with Gasteiger partial charge in [0, 0.05) is 11.7 Å². The molecule has 1 aliphatic rings. The first kappa shape index (κ1) is 10.6. The molecule has 1 heterocycles. The number of fused-ring (bicyclic) bond motifs is 1. The Morgan fingerprint density at radius 3 is 2.88 bits per heavy atom. The van der Waals surface area contributed by atoms with Crippen molar-refractivity contribution in [1.29, 1.82) is 0 Å². The van der Waals surface area contributed by atoms with E-state index in [1.54, 1.807) is 0 Å². The third-order valence-electron chi connectivity index (χ3n) is 3.82. The lowest BCUT2D eigenvalue weighted by atomic mass is 9.97. The zero-order valence-corrected chi connectivity index (χ0v) is 10.2. The normalized spacial score (nSPS) is 21.1. The minimum Gasteiger partial charge on any atom is -0.399 e. The Bertz CT molecular complexity index is 548. The van der Waals surface area contributed by atoms with Gasteiger partial charge in [-0.1, -0.05) is 24.3 Å². The van der Waals surface area contributed by atoms with E-state index < -0.39 is 0 Å². The monoisotopic (exact) mass is 226 g/mol. The molecule has 1 saturated heterocycles. The molecule has 2 aromatic rings. The summed E-state index contributed by atoms with van der Waals surface area (Å²) < 4.78 is 0. The Kier molecular flexibility index (Phi) is 2.52. The van der Waals surface area contributed by atoms with Crippen LogP contribution in [0.1, 0.15) is 24.4 Å². The maximum atomic E-state index is 5.91. The number of anilines is 1. The second kappa shape index (κ2) is 4.04. The van der Waals surface area contributed by atoms with Crippen LogP contribution in [0.4, 0.5) is 5.69 Å². The van der Waals surface area contributed by atoms with Crippen molar-refractivity contribution in [3.8, 4) is 0 Å². The molecule has 2 aromatic carbocycles. The Morgan fingerprint density at radius 1 is 1.24 bits per heavy atom. The number of nitrogens with zero attached hydrogens (tertiary/aromatic N) is 1. The molecule has 2 nitrogen and oxygen atoms in total. The van der Waals surface area contributed by atoms with Gasteiger partial charge < -0.3 is 5.73 Å². The lowest BCUT2D eigenvalue weighted by Crippen LogP contribution is -2.17. The SMILES string of the molecule is CN1CCCC1c1cccc2ccc(N)cc12. The highest BCUT2D eigenvalue weighted by atomic mass is 15.1. The standard InChI is InChI=1S/C15H18N2/c1-17-9-3-6-15(17)13-5-2-4-11-7-8-12(16)10-14(11)13/h2,4-5,7-8,10,15H,3,6,9,16H2,1H3. The molecule has 1 unspecified atom stereocenters. The molecule has 1 fully saturated rings. The van der Waals surface area contributed by atoms with Crippen molar-refractivity contribution in [2.75, 3.05) is 19.3 Å². The minimum absolute atomic E-state index is 0.556. The van der Waals surface area contributed by atoms with E-state index in [0.29, 0.717) is 6.04 Å². The summed E-state index contributed by atoms with van der Waals surface area (Å²) in [7, 11) is 2.21. The Morgan fingerprint density at radius 2 is 2.12 bits per heavy atom. The average molecular weight is 226 g/mol. The number of likely N-dealkylation sites (tertiary alicyclic amines) is 1. The zero-order chi connectivity index (χ0) is 11.8. The van der Waals surface area contributed by atoms with Crippen molar-refractivity contribution >= 4 is 16.5 Å². The van der Waals surface area contributed by atoms with Crippen molar-refractivity contribution in [3.05, 3.63) is 42.0 Å². The minimum atomic E-state index is 0.556. The van der Waals surface area contributed by atoms with Crippen LogP contribution >= 0.6 is 0 Å². The summed E-state index contributed by atoms with van der Waals surface area (Å²) in [5.41, 5.74) is 8.19. The highest BCUT2D eigenvalue weighted by Crippen LogP contribution is 2.35. The number of rotatable bonds is 1. The first-order chi connectivity index (χ1) is 8.25. The molecule has 0 radical (unpaired) electrons. The third-order valence-corrected chi connectivity index (χ3v) is 3.82. The highest BCUT2D eigenvalue weighted by Gasteiger charge is 2.23. The van der Waals surface area contributed by atoms with Crippen molar-refractivity contribution in [1.82, 2.24) is 4.90 Å². The summed E-state index contributed by atoms with van der Waals surface area (Å²) in [4.78, 5) is 2.44. The summed E-state index contributed by atoms with van der Waals surface area (Å²) in [5, 5.41) is 2.60. The van der Waals surface area contributed by atoms with Gasteiger partial charge in [-0.05, 0) is 54.9 Å².